The van der Waals surface area contributed by atoms with Gasteiger partial charge in [-0.1, -0.05) is 26.0 Å². The second-order valence-electron chi connectivity index (χ2n) is 4.37. The van der Waals surface area contributed by atoms with Gasteiger partial charge >= 0.3 is 5.97 Å². The molecule has 0 spiro atoms. The predicted octanol–water partition coefficient (Wildman–Crippen LogP) is 2.93. The first kappa shape index (κ1) is 11.3. The molecule has 2 nitrogen and oxygen atoms in total. The van der Waals surface area contributed by atoms with Crippen LogP contribution in [-0.4, -0.2) is 12.6 Å². The summed E-state index contributed by atoms with van der Waals surface area (Å²) in [6.07, 6.45) is 8.03. The molecule has 0 aliphatic heterocycles. The predicted molar refractivity (Wildman–Crippen MR) is 56.9 cm³/mol. The van der Waals surface area contributed by atoms with Crippen LogP contribution in [0.5, 0.6) is 0 Å². The van der Waals surface area contributed by atoms with Crippen LogP contribution in [0.15, 0.2) is 12.2 Å². The third-order valence-corrected chi connectivity index (χ3v) is 2.50. The lowest BCUT2D eigenvalue weighted by molar-refractivity contribution is -0.144. The third kappa shape index (κ3) is 4.45. The lowest BCUT2D eigenvalue weighted by Crippen LogP contribution is -2.10. The zero-order chi connectivity index (χ0) is 10.4. The van der Waals surface area contributed by atoms with Crippen molar-refractivity contribution in [2.24, 2.45) is 11.8 Å². The third-order valence-electron chi connectivity index (χ3n) is 2.50. The van der Waals surface area contributed by atoms with E-state index in [2.05, 4.69) is 26.0 Å². The van der Waals surface area contributed by atoms with Gasteiger partial charge in [0, 0.05) is 0 Å². The Kier molecular flexibility index (Phi) is 4.71. The Labute approximate surface area is 86.3 Å². The SMILES string of the molecule is CC(C)CCOC(=O)CC1C=CCC1. The van der Waals surface area contributed by atoms with Crippen LogP contribution in [0.2, 0.25) is 0 Å². The highest BCUT2D eigenvalue weighted by Crippen LogP contribution is 2.20. The van der Waals surface area contributed by atoms with Gasteiger partial charge in [-0.15, -0.1) is 0 Å². The minimum atomic E-state index is -0.0396. The van der Waals surface area contributed by atoms with Crippen molar-refractivity contribution in [3.05, 3.63) is 12.2 Å². The van der Waals surface area contributed by atoms with Gasteiger partial charge in [-0.25, -0.2) is 0 Å². The van der Waals surface area contributed by atoms with Crippen LogP contribution < -0.4 is 0 Å². The van der Waals surface area contributed by atoms with Crippen molar-refractivity contribution in [1.29, 1.82) is 0 Å². The number of ether oxygens (including phenoxy) is 1. The first-order valence-corrected chi connectivity index (χ1v) is 5.50. The molecule has 14 heavy (non-hydrogen) atoms. The average Bonchev–Trinajstić information content (AvgIpc) is 2.56. The molecule has 0 saturated heterocycles. The molecule has 0 aromatic rings. The van der Waals surface area contributed by atoms with Crippen molar-refractivity contribution in [2.45, 2.75) is 39.5 Å². The van der Waals surface area contributed by atoms with Crippen molar-refractivity contribution in [1.82, 2.24) is 0 Å². The summed E-state index contributed by atoms with van der Waals surface area (Å²) in [5.41, 5.74) is 0. The number of hydrogen-bond donors (Lipinski definition) is 0. The molecule has 0 saturated carbocycles. The smallest absolute Gasteiger partial charge is 0.306 e. The quantitative estimate of drug-likeness (QED) is 0.499. The first-order chi connectivity index (χ1) is 6.68. The fraction of sp³-hybridized carbons (Fsp3) is 0.750. The highest BCUT2D eigenvalue weighted by Gasteiger charge is 2.14. The zero-order valence-corrected chi connectivity index (χ0v) is 9.16. The maximum atomic E-state index is 11.3. The summed E-state index contributed by atoms with van der Waals surface area (Å²) in [6.45, 7) is 4.84. The summed E-state index contributed by atoms with van der Waals surface area (Å²) >= 11 is 0. The lowest BCUT2D eigenvalue weighted by Gasteiger charge is -2.09. The van der Waals surface area contributed by atoms with Crippen LogP contribution in [0.4, 0.5) is 0 Å². The molecule has 1 atom stereocenters. The van der Waals surface area contributed by atoms with Crippen LogP contribution in [0.3, 0.4) is 0 Å². The molecule has 0 heterocycles. The second-order valence-corrected chi connectivity index (χ2v) is 4.37. The number of allylic oxidation sites excluding steroid dienone is 2. The van der Waals surface area contributed by atoms with E-state index in [4.69, 9.17) is 4.74 Å². The summed E-state index contributed by atoms with van der Waals surface area (Å²) in [7, 11) is 0. The van der Waals surface area contributed by atoms with Gasteiger partial charge in [-0.3, -0.25) is 4.79 Å². The van der Waals surface area contributed by atoms with Gasteiger partial charge in [-0.05, 0) is 31.1 Å². The molecular formula is C12H20O2. The Hall–Kier alpha value is -0.790. The van der Waals surface area contributed by atoms with Crippen LogP contribution in [0.1, 0.15) is 39.5 Å². The minimum Gasteiger partial charge on any atom is -0.466 e. The number of rotatable bonds is 5. The number of hydrogen-bond acceptors (Lipinski definition) is 2. The topological polar surface area (TPSA) is 26.3 Å². The largest absolute Gasteiger partial charge is 0.466 e. The standard InChI is InChI=1S/C12H20O2/c1-10(2)7-8-14-12(13)9-11-5-3-4-6-11/h3,5,10-11H,4,6-9H2,1-2H3. The molecule has 0 amide bonds. The van der Waals surface area contributed by atoms with E-state index in [-0.39, 0.29) is 5.97 Å². The van der Waals surface area contributed by atoms with Crippen molar-refractivity contribution in [3.8, 4) is 0 Å². The maximum absolute atomic E-state index is 11.3. The summed E-state index contributed by atoms with van der Waals surface area (Å²) < 4.78 is 5.14. The summed E-state index contributed by atoms with van der Waals surface area (Å²) in [4.78, 5) is 11.3. The minimum absolute atomic E-state index is 0.0396. The van der Waals surface area contributed by atoms with Crippen LogP contribution in [-0.2, 0) is 9.53 Å². The molecule has 0 bridgehead atoms. The van der Waals surface area contributed by atoms with Gasteiger partial charge in [0.2, 0.25) is 0 Å². The van der Waals surface area contributed by atoms with E-state index in [0.717, 1.165) is 19.3 Å². The van der Waals surface area contributed by atoms with E-state index >= 15 is 0 Å². The fourth-order valence-electron chi connectivity index (χ4n) is 1.55. The van der Waals surface area contributed by atoms with E-state index in [1.807, 2.05) is 0 Å². The van der Waals surface area contributed by atoms with Gasteiger partial charge in [0.25, 0.3) is 0 Å². The molecule has 2 heteroatoms. The molecule has 0 aromatic carbocycles. The van der Waals surface area contributed by atoms with Gasteiger partial charge in [-0.2, -0.15) is 0 Å². The fourth-order valence-corrected chi connectivity index (χ4v) is 1.55. The molecule has 1 aliphatic carbocycles. The van der Waals surface area contributed by atoms with Crippen LogP contribution >= 0.6 is 0 Å². The average molecular weight is 196 g/mol. The van der Waals surface area contributed by atoms with Crippen molar-refractivity contribution >= 4 is 5.97 Å². The van der Waals surface area contributed by atoms with E-state index in [9.17, 15) is 4.79 Å². The van der Waals surface area contributed by atoms with Crippen molar-refractivity contribution in [3.63, 3.8) is 0 Å². The van der Waals surface area contributed by atoms with Gasteiger partial charge in [0.1, 0.15) is 0 Å². The molecule has 0 aromatic heterocycles. The van der Waals surface area contributed by atoms with Gasteiger partial charge in [0.05, 0.1) is 13.0 Å². The lowest BCUT2D eigenvalue weighted by atomic mass is 10.1. The zero-order valence-electron chi connectivity index (χ0n) is 9.16. The molecule has 1 rings (SSSR count). The Morgan fingerprint density at radius 3 is 2.93 bits per heavy atom. The van der Waals surface area contributed by atoms with Crippen molar-refractivity contribution in [2.75, 3.05) is 6.61 Å². The molecule has 1 unspecified atom stereocenters. The van der Waals surface area contributed by atoms with E-state index in [0.29, 0.717) is 24.9 Å². The molecule has 80 valence electrons. The Balaban J connectivity index is 2.06. The molecular weight excluding hydrogens is 176 g/mol. The van der Waals surface area contributed by atoms with Gasteiger partial charge in [0.15, 0.2) is 0 Å². The normalized spacial score (nSPS) is 20.4. The monoisotopic (exact) mass is 196 g/mol. The highest BCUT2D eigenvalue weighted by atomic mass is 16.5. The number of carbonyl (C=O) groups excluding carboxylic acids is 1. The van der Waals surface area contributed by atoms with Crippen LogP contribution in [0, 0.1) is 11.8 Å². The molecule has 0 N–H and O–H groups in total. The summed E-state index contributed by atoms with van der Waals surface area (Å²) in [5, 5.41) is 0. The Morgan fingerprint density at radius 2 is 2.36 bits per heavy atom. The van der Waals surface area contributed by atoms with E-state index in [1.54, 1.807) is 0 Å². The van der Waals surface area contributed by atoms with Crippen LogP contribution in [0.25, 0.3) is 0 Å². The molecule has 1 aliphatic rings. The highest BCUT2D eigenvalue weighted by molar-refractivity contribution is 5.70. The summed E-state index contributed by atoms with van der Waals surface area (Å²) in [6, 6.07) is 0. The number of carbonyl (C=O) groups is 1. The van der Waals surface area contributed by atoms with Crippen molar-refractivity contribution < 1.29 is 9.53 Å². The Morgan fingerprint density at radius 1 is 1.57 bits per heavy atom. The summed E-state index contributed by atoms with van der Waals surface area (Å²) in [5.74, 6) is 0.998. The Bertz CT molecular complexity index is 206. The second kappa shape index (κ2) is 5.84. The van der Waals surface area contributed by atoms with E-state index in [1.165, 1.54) is 0 Å². The first-order valence-electron chi connectivity index (χ1n) is 5.50. The molecule has 0 fully saturated rings. The molecule has 0 radical (unpaired) electrons. The van der Waals surface area contributed by atoms with E-state index < -0.39 is 0 Å². The van der Waals surface area contributed by atoms with Gasteiger partial charge < -0.3 is 4.74 Å². The maximum Gasteiger partial charge on any atom is 0.306 e. The number of esters is 1.